The molecule has 22 heavy (non-hydrogen) atoms. The van der Waals surface area contributed by atoms with Gasteiger partial charge in [0.25, 0.3) is 0 Å². The maximum atomic E-state index is 13.8. The predicted molar refractivity (Wildman–Crippen MR) is 83.1 cm³/mol. The van der Waals surface area contributed by atoms with Gasteiger partial charge < -0.3 is 15.1 Å². The third-order valence-corrected chi connectivity index (χ3v) is 3.88. The van der Waals surface area contributed by atoms with Crippen LogP contribution in [0.4, 0.5) is 19.3 Å². The number of nitrogens with one attached hydrogen (secondary N) is 1. The van der Waals surface area contributed by atoms with Crippen molar-refractivity contribution in [3.63, 3.8) is 0 Å². The molecule has 0 bridgehead atoms. The molecule has 2 amide bonds. The summed E-state index contributed by atoms with van der Waals surface area (Å²) in [6, 6.07) is 3.77. The average molecular weight is 311 g/mol. The van der Waals surface area contributed by atoms with Crippen molar-refractivity contribution in [1.29, 1.82) is 0 Å². The van der Waals surface area contributed by atoms with Crippen LogP contribution in [0.5, 0.6) is 0 Å². The van der Waals surface area contributed by atoms with Crippen molar-refractivity contribution in [3.05, 3.63) is 29.8 Å². The molecule has 0 atom stereocenters. The van der Waals surface area contributed by atoms with Crippen molar-refractivity contribution in [2.75, 3.05) is 37.6 Å². The van der Waals surface area contributed by atoms with Gasteiger partial charge >= 0.3 is 6.03 Å². The molecule has 0 aliphatic carbocycles. The van der Waals surface area contributed by atoms with Crippen molar-refractivity contribution in [1.82, 2.24) is 10.2 Å². The molecule has 122 valence electrons. The second-order valence-electron chi connectivity index (χ2n) is 5.48. The summed E-state index contributed by atoms with van der Waals surface area (Å²) in [6.45, 7) is 4.58. The van der Waals surface area contributed by atoms with E-state index in [2.05, 4.69) is 12.2 Å². The molecule has 1 aromatic carbocycles. The van der Waals surface area contributed by atoms with Crippen LogP contribution < -0.4 is 10.2 Å². The summed E-state index contributed by atoms with van der Waals surface area (Å²) >= 11 is 0. The normalized spacial score (nSPS) is 15.0. The Labute approximate surface area is 130 Å². The van der Waals surface area contributed by atoms with E-state index in [4.69, 9.17) is 0 Å². The van der Waals surface area contributed by atoms with E-state index >= 15 is 0 Å². The van der Waals surface area contributed by atoms with Gasteiger partial charge in [-0.1, -0.05) is 25.8 Å². The summed E-state index contributed by atoms with van der Waals surface area (Å²) in [5.41, 5.74) is 0.00510. The summed E-state index contributed by atoms with van der Waals surface area (Å²) in [4.78, 5) is 15.3. The van der Waals surface area contributed by atoms with E-state index in [0.717, 1.165) is 19.3 Å². The Morgan fingerprint density at radius 1 is 1.14 bits per heavy atom. The SMILES string of the molecule is CCCCCNC(=O)N1CCN(c2c(F)cccc2F)CC1. The molecule has 4 nitrogen and oxygen atoms in total. The van der Waals surface area contributed by atoms with Gasteiger partial charge in [0.2, 0.25) is 0 Å². The molecular weight excluding hydrogens is 288 g/mol. The van der Waals surface area contributed by atoms with Crippen molar-refractivity contribution >= 4 is 11.7 Å². The Hall–Kier alpha value is -1.85. The molecule has 2 rings (SSSR count). The highest BCUT2D eigenvalue weighted by molar-refractivity contribution is 5.74. The summed E-state index contributed by atoms with van der Waals surface area (Å²) < 4.78 is 27.5. The Morgan fingerprint density at radius 2 is 1.77 bits per heavy atom. The fourth-order valence-electron chi connectivity index (χ4n) is 2.61. The van der Waals surface area contributed by atoms with Gasteiger partial charge in [0.05, 0.1) is 0 Å². The number of carbonyl (C=O) groups excluding carboxylic acids is 1. The largest absolute Gasteiger partial charge is 0.363 e. The van der Waals surface area contributed by atoms with Crippen LogP contribution in [0.2, 0.25) is 0 Å². The third kappa shape index (κ3) is 4.08. The van der Waals surface area contributed by atoms with Crippen LogP contribution in [0.15, 0.2) is 18.2 Å². The second-order valence-corrected chi connectivity index (χ2v) is 5.48. The summed E-state index contributed by atoms with van der Waals surface area (Å²) in [5.74, 6) is -1.12. The van der Waals surface area contributed by atoms with Gasteiger partial charge in [-0.3, -0.25) is 0 Å². The van der Waals surface area contributed by atoms with E-state index in [1.807, 2.05) is 0 Å². The number of carbonyl (C=O) groups is 1. The van der Waals surface area contributed by atoms with Crippen LogP contribution in [0.25, 0.3) is 0 Å². The lowest BCUT2D eigenvalue weighted by atomic mass is 10.2. The number of amides is 2. The topological polar surface area (TPSA) is 35.6 Å². The summed E-state index contributed by atoms with van der Waals surface area (Å²) in [5, 5.41) is 2.88. The highest BCUT2D eigenvalue weighted by Gasteiger charge is 2.24. The monoisotopic (exact) mass is 311 g/mol. The Morgan fingerprint density at radius 3 is 2.36 bits per heavy atom. The Kier molecular flexibility index (Phi) is 5.98. The van der Waals surface area contributed by atoms with E-state index in [1.165, 1.54) is 18.2 Å². The minimum atomic E-state index is -0.558. The number of hydrogen-bond donors (Lipinski definition) is 1. The molecule has 0 spiro atoms. The smallest absolute Gasteiger partial charge is 0.317 e. The Balaban J connectivity index is 1.84. The zero-order valence-electron chi connectivity index (χ0n) is 12.9. The highest BCUT2D eigenvalue weighted by atomic mass is 19.1. The van der Waals surface area contributed by atoms with Crippen molar-refractivity contribution in [2.24, 2.45) is 0 Å². The molecule has 0 unspecified atom stereocenters. The fourth-order valence-corrected chi connectivity index (χ4v) is 2.61. The number of piperazine rings is 1. The molecule has 0 saturated carbocycles. The first-order valence-corrected chi connectivity index (χ1v) is 7.85. The van der Waals surface area contributed by atoms with Crippen LogP contribution in [0.3, 0.4) is 0 Å². The lowest BCUT2D eigenvalue weighted by Gasteiger charge is -2.36. The number of para-hydroxylation sites is 1. The maximum Gasteiger partial charge on any atom is 0.317 e. The number of rotatable bonds is 5. The molecule has 1 N–H and O–H groups in total. The molecule has 0 aromatic heterocycles. The molecule has 0 radical (unpaired) electrons. The van der Waals surface area contributed by atoms with Crippen LogP contribution in [-0.2, 0) is 0 Å². The van der Waals surface area contributed by atoms with Crippen molar-refractivity contribution in [3.8, 4) is 0 Å². The van der Waals surface area contributed by atoms with Gasteiger partial charge in [0.15, 0.2) is 0 Å². The van der Waals surface area contributed by atoms with E-state index in [0.29, 0.717) is 32.7 Å². The number of hydrogen-bond acceptors (Lipinski definition) is 2. The van der Waals surface area contributed by atoms with Gasteiger partial charge in [-0.25, -0.2) is 13.6 Å². The van der Waals surface area contributed by atoms with Gasteiger partial charge in [0, 0.05) is 32.7 Å². The first kappa shape index (κ1) is 16.5. The first-order chi connectivity index (χ1) is 10.6. The minimum Gasteiger partial charge on any atom is -0.363 e. The van der Waals surface area contributed by atoms with Crippen LogP contribution in [0.1, 0.15) is 26.2 Å². The highest BCUT2D eigenvalue weighted by Crippen LogP contribution is 2.24. The number of nitrogens with zero attached hydrogens (tertiary/aromatic N) is 2. The van der Waals surface area contributed by atoms with Crippen molar-refractivity contribution < 1.29 is 13.6 Å². The average Bonchev–Trinajstić information content (AvgIpc) is 2.52. The Bertz CT molecular complexity index is 482. The molecule has 1 heterocycles. The molecule has 1 aliphatic heterocycles. The molecule has 1 fully saturated rings. The van der Waals surface area contributed by atoms with Crippen molar-refractivity contribution in [2.45, 2.75) is 26.2 Å². The predicted octanol–water partition coefficient (Wildman–Crippen LogP) is 2.99. The van der Waals surface area contributed by atoms with E-state index in [-0.39, 0.29) is 11.7 Å². The van der Waals surface area contributed by atoms with E-state index in [9.17, 15) is 13.6 Å². The maximum absolute atomic E-state index is 13.8. The van der Waals surface area contributed by atoms with E-state index in [1.54, 1.807) is 9.80 Å². The standard InChI is InChI=1S/C16H23F2N3O/c1-2-3-4-8-19-16(22)21-11-9-20(10-12-21)15-13(17)6-5-7-14(15)18/h5-7H,2-4,8-12H2,1H3,(H,19,22). The first-order valence-electron chi connectivity index (χ1n) is 7.85. The van der Waals surface area contributed by atoms with Crippen LogP contribution in [0, 0.1) is 11.6 Å². The number of benzene rings is 1. The molecule has 1 saturated heterocycles. The van der Waals surface area contributed by atoms with Crippen LogP contribution >= 0.6 is 0 Å². The second kappa shape index (κ2) is 7.96. The van der Waals surface area contributed by atoms with Crippen LogP contribution in [-0.4, -0.2) is 43.7 Å². The molecule has 1 aliphatic rings. The molecular formula is C16H23F2N3O. The quantitative estimate of drug-likeness (QED) is 0.849. The van der Waals surface area contributed by atoms with E-state index < -0.39 is 11.6 Å². The number of halogens is 2. The summed E-state index contributed by atoms with van der Waals surface area (Å²) in [6.07, 6.45) is 3.19. The van der Waals surface area contributed by atoms with Gasteiger partial charge in [-0.05, 0) is 18.6 Å². The zero-order chi connectivity index (χ0) is 15.9. The molecule has 1 aromatic rings. The number of unbranched alkanes of at least 4 members (excludes halogenated alkanes) is 2. The lowest BCUT2D eigenvalue weighted by molar-refractivity contribution is 0.194. The minimum absolute atomic E-state index is 0.00510. The summed E-state index contributed by atoms with van der Waals surface area (Å²) in [7, 11) is 0. The fraction of sp³-hybridized carbons (Fsp3) is 0.562. The number of anilines is 1. The third-order valence-electron chi connectivity index (χ3n) is 3.88. The number of urea groups is 1. The van der Waals surface area contributed by atoms with Gasteiger partial charge in [0.1, 0.15) is 17.3 Å². The molecule has 6 heteroatoms. The lowest BCUT2D eigenvalue weighted by Crippen LogP contribution is -2.52. The van der Waals surface area contributed by atoms with Gasteiger partial charge in [-0.15, -0.1) is 0 Å². The van der Waals surface area contributed by atoms with Gasteiger partial charge in [-0.2, -0.15) is 0 Å². The zero-order valence-corrected chi connectivity index (χ0v) is 12.9.